The van der Waals surface area contributed by atoms with Gasteiger partial charge in [-0.15, -0.1) is 0 Å². The summed E-state index contributed by atoms with van der Waals surface area (Å²) in [6.45, 7) is 1.51. The van der Waals surface area contributed by atoms with Gasteiger partial charge in [0.1, 0.15) is 6.04 Å². The van der Waals surface area contributed by atoms with E-state index in [-0.39, 0.29) is 13.0 Å². The van der Waals surface area contributed by atoms with Crippen LogP contribution in [0.4, 0.5) is 13.2 Å². The summed E-state index contributed by atoms with van der Waals surface area (Å²) in [5.74, 6) is -2.59. The van der Waals surface area contributed by atoms with E-state index in [1.54, 1.807) is 37.3 Å². The Bertz CT molecular complexity index is 621. The average Bonchev–Trinajstić information content (AvgIpc) is 3.07. The number of likely N-dealkylation sites (N-methyl/N-ethyl adjacent to an activating group) is 1. The number of hydrogen-bond donors (Lipinski definition) is 1. The van der Waals surface area contributed by atoms with Crippen LogP contribution in [0.15, 0.2) is 30.3 Å². The van der Waals surface area contributed by atoms with Crippen molar-refractivity contribution in [2.24, 2.45) is 0 Å². The fourth-order valence-electron chi connectivity index (χ4n) is 3.01. The quantitative estimate of drug-likeness (QED) is 0.897. The zero-order valence-corrected chi connectivity index (χ0v) is 14.0. The van der Waals surface area contributed by atoms with Crippen molar-refractivity contribution in [2.75, 3.05) is 13.6 Å². The molecule has 1 heterocycles. The number of carbonyl (C=O) groups excluding carboxylic acids is 2. The maximum atomic E-state index is 12.7. The summed E-state index contributed by atoms with van der Waals surface area (Å²) >= 11 is 0. The van der Waals surface area contributed by atoms with E-state index in [1.807, 2.05) is 0 Å². The van der Waals surface area contributed by atoms with Gasteiger partial charge >= 0.3 is 12.1 Å². The second kappa shape index (κ2) is 7.43. The number of amides is 2. The topological polar surface area (TPSA) is 60.9 Å². The Labute approximate surface area is 144 Å². The van der Waals surface area contributed by atoms with Crippen LogP contribution in [-0.2, 0) is 9.59 Å². The Morgan fingerprint density at radius 1 is 1.28 bits per heavy atom. The van der Waals surface area contributed by atoms with Gasteiger partial charge in [0.05, 0.1) is 12.1 Å². The van der Waals surface area contributed by atoms with Gasteiger partial charge < -0.3 is 14.9 Å². The molecule has 25 heavy (non-hydrogen) atoms. The molecule has 0 aliphatic carbocycles. The number of nitrogens with zero attached hydrogens (tertiary/aromatic N) is 2. The van der Waals surface area contributed by atoms with Crippen molar-refractivity contribution in [3.05, 3.63) is 35.9 Å². The van der Waals surface area contributed by atoms with Crippen molar-refractivity contribution in [3.63, 3.8) is 0 Å². The largest absolute Gasteiger partial charge is 0.471 e. The lowest BCUT2D eigenvalue weighted by Gasteiger charge is -2.34. The molecule has 2 amide bonds. The molecule has 3 atom stereocenters. The minimum atomic E-state index is -5.00. The van der Waals surface area contributed by atoms with Crippen molar-refractivity contribution in [3.8, 4) is 0 Å². The normalized spacial score (nSPS) is 20.2. The minimum absolute atomic E-state index is 0.0990. The zero-order valence-electron chi connectivity index (χ0n) is 14.0. The second-order valence-corrected chi connectivity index (χ2v) is 6.20. The molecule has 1 aliphatic rings. The van der Waals surface area contributed by atoms with E-state index >= 15 is 0 Å². The highest BCUT2D eigenvalue weighted by Crippen LogP contribution is 2.28. The summed E-state index contributed by atoms with van der Waals surface area (Å²) in [5.41, 5.74) is 0.601. The molecule has 138 valence electrons. The third kappa shape index (κ3) is 4.12. The second-order valence-electron chi connectivity index (χ2n) is 6.20. The summed E-state index contributed by atoms with van der Waals surface area (Å²) < 4.78 is 38.1. The number of rotatable bonds is 4. The molecule has 1 aromatic rings. The third-order valence-electron chi connectivity index (χ3n) is 4.60. The van der Waals surface area contributed by atoms with E-state index in [0.717, 1.165) is 0 Å². The lowest BCUT2D eigenvalue weighted by molar-refractivity contribution is -0.187. The standard InChI is InChI=1S/C17H21F3N2O3/c1-11(14(23)12-7-4-3-5-8-12)21(2)15(24)13-9-6-10-22(13)16(25)17(18,19)20/h3-5,7-8,11,13-14,23H,6,9-10H2,1-2H3/t11-,13-,14-/m0/s1. The Morgan fingerprint density at radius 3 is 2.44 bits per heavy atom. The number of hydrogen-bond acceptors (Lipinski definition) is 3. The highest BCUT2D eigenvalue weighted by atomic mass is 19.4. The van der Waals surface area contributed by atoms with Crippen molar-refractivity contribution in [1.29, 1.82) is 0 Å². The van der Waals surface area contributed by atoms with E-state index < -0.39 is 36.2 Å². The first kappa shape index (κ1) is 19.2. The highest BCUT2D eigenvalue weighted by Gasteiger charge is 2.48. The zero-order chi connectivity index (χ0) is 18.8. The number of alkyl halides is 3. The number of benzene rings is 1. The van der Waals surface area contributed by atoms with Crippen LogP contribution in [0.25, 0.3) is 0 Å². The molecule has 0 aromatic heterocycles. The number of carbonyl (C=O) groups is 2. The summed E-state index contributed by atoms with van der Waals surface area (Å²) in [5, 5.41) is 10.4. The highest BCUT2D eigenvalue weighted by molar-refractivity contribution is 5.90. The molecule has 1 N–H and O–H groups in total. The van der Waals surface area contributed by atoms with Gasteiger partial charge in [0.15, 0.2) is 0 Å². The molecule has 0 spiro atoms. The first-order chi connectivity index (χ1) is 11.6. The van der Waals surface area contributed by atoms with Gasteiger partial charge in [-0.2, -0.15) is 13.2 Å². The minimum Gasteiger partial charge on any atom is -0.386 e. The molecule has 1 aromatic carbocycles. The molecule has 2 rings (SSSR count). The average molecular weight is 358 g/mol. The maximum absolute atomic E-state index is 12.7. The number of likely N-dealkylation sites (tertiary alicyclic amines) is 1. The molecular formula is C17H21F3N2O3. The molecule has 1 fully saturated rings. The van der Waals surface area contributed by atoms with Crippen LogP contribution in [0, 0.1) is 0 Å². The van der Waals surface area contributed by atoms with E-state index in [2.05, 4.69) is 0 Å². The van der Waals surface area contributed by atoms with E-state index in [1.165, 1.54) is 11.9 Å². The van der Waals surface area contributed by atoms with Gasteiger partial charge in [0.25, 0.3) is 0 Å². The number of halogens is 3. The van der Waals surface area contributed by atoms with Crippen LogP contribution in [0.3, 0.4) is 0 Å². The van der Waals surface area contributed by atoms with Crippen LogP contribution >= 0.6 is 0 Å². The van der Waals surface area contributed by atoms with E-state index in [0.29, 0.717) is 16.9 Å². The Kier molecular flexibility index (Phi) is 5.72. The number of aliphatic hydroxyl groups excluding tert-OH is 1. The Hall–Kier alpha value is -2.09. The Balaban J connectivity index is 2.11. The van der Waals surface area contributed by atoms with Crippen molar-refractivity contribution < 1.29 is 27.9 Å². The van der Waals surface area contributed by atoms with Crippen LogP contribution in [0.2, 0.25) is 0 Å². The summed E-state index contributed by atoms with van der Waals surface area (Å²) in [4.78, 5) is 25.9. The monoisotopic (exact) mass is 358 g/mol. The van der Waals surface area contributed by atoms with E-state index in [4.69, 9.17) is 0 Å². The third-order valence-corrected chi connectivity index (χ3v) is 4.60. The first-order valence-corrected chi connectivity index (χ1v) is 8.02. The van der Waals surface area contributed by atoms with Crippen LogP contribution in [-0.4, -0.2) is 58.6 Å². The summed E-state index contributed by atoms with van der Waals surface area (Å²) in [7, 11) is 1.42. The SMILES string of the molecule is C[C@@H]([C@H](O)c1ccccc1)N(C)C(=O)[C@@H]1CCCN1C(=O)C(F)(F)F. The maximum Gasteiger partial charge on any atom is 0.471 e. The lowest BCUT2D eigenvalue weighted by Crippen LogP contribution is -2.52. The lowest BCUT2D eigenvalue weighted by atomic mass is 10.0. The van der Waals surface area contributed by atoms with Gasteiger partial charge in [-0.3, -0.25) is 9.59 Å². The molecule has 8 heteroatoms. The van der Waals surface area contributed by atoms with Gasteiger partial charge in [0, 0.05) is 13.6 Å². The van der Waals surface area contributed by atoms with Gasteiger partial charge in [-0.1, -0.05) is 30.3 Å². The fraction of sp³-hybridized carbons (Fsp3) is 0.529. The van der Waals surface area contributed by atoms with Gasteiger partial charge in [0.2, 0.25) is 5.91 Å². The van der Waals surface area contributed by atoms with Gasteiger partial charge in [-0.05, 0) is 25.3 Å². The molecule has 0 saturated carbocycles. The summed E-state index contributed by atoms with van der Waals surface area (Å²) in [6, 6.07) is 6.88. The Morgan fingerprint density at radius 2 is 1.88 bits per heavy atom. The molecular weight excluding hydrogens is 337 g/mol. The fourth-order valence-corrected chi connectivity index (χ4v) is 3.01. The molecule has 1 saturated heterocycles. The van der Waals surface area contributed by atoms with Crippen molar-refractivity contribution in [2.45, 2.75) is 44.1 Å². The first-order valence-electron chi connectivity index (χ1n) is 8.02. The van der Waals surface area contributed by atoms with Crippen molar-refractivity contribution in [1.82, 2.24) is 9.80 Å². The molecule has 5 nitrogen and oxygen atoms in total. The molecule has 0 bridgehead atoms. The molecule has 0 radical (unpaired) electrons. The smallest absolute Gasteiger partial charge is 0.386 e. The molecule has 1 aliphatic heterocycles. The van der Waals surface area contributed by atoms with Crippen molar-refractivity contribution >= 4 is 11.8 Å². The number of aliphatic hydroxyl groups is 1. The summed E-state index contributed by atoms with van der Waals surface area (Å²) in [6.07, 6.45) is -5.47. The van der Waals surface area contributed by atoms with Crippen LogP contribution < -0.4 is 0 Å². The van der Waals surface area contributed by atoms with Crippen LogP contribution in [0.1, 0.15) is 31.4 Å². The molecule has 0 unspecified atom stereocenters. The van der Waals surface area contributed by atoms with Crippen LogP contribution in [0.5, 0.6) is 0 Å². The van der Waals surface area contributed by atoms with E-state index in [9.17, 15) is 27.9 Å². The predicted octanol–water partition coefficient (Wildman–Crippen LogP) is 2.12. The predicted molar refractivity (Wildman–Crippen MR) is 84.4 cm³/mol. The van der Waals surface area contributed by atoms with Gasteiger partial charge in [-0.25, -0.2) is 0 Å².